The van der Waals surface area contributed by atoms with Crippen molar-refractivity contribution in [3.63, 3.8) is 0 Å². The smallest absolute Gasteiger partial charge is 0.0451 e. The van der Waals surface area contributed by atoms with Crippen LogP contribution < -0.4 is 4.90 Å². The lowest BCUT2D eigenvalue weighted by molar-refractivity contribution is 0.789. The highest BCUT2D eigenvalue weighted by molar-refractivity contribution is 5.91. The Morgan fingerprint density at radius 3 is 2.35 bits per heavy atom. The maximum Gasteiger partial charge on any atom is 0.0451 e. The van der Waals surface area contributed by atoms with Gasteiger partial charge < -0.3 is 4.90 Å². The van der Waals surface area contributed by atoms with Crippen LogP contribution in [0.1, 0.15) is 16.7 Å². The van der Waals surface area contributed by atoms with Crippen LogP contribution >= 0.6 is 0 Å². The zero-order chi connectivity index (χ0) is 17.5. The minimum absolute atomic E-state index is 0.956. The lowest BCUT2D eigenvalue weighted by atomic mass is 9.92. The molecule has 0 atom stereocenters. The number of hydrogen-bond donors (Lipinski definition) is 0. The minimum Gasteiger partial charge on any atom is -0.362 e. The van der Waals surface area contributed by atoms with Crippen LogP contribution in [0.5, 0.6) is 0 Å². The summed E-state index contributed by atoms with van der Waals surface area (Å²) in [6.07, 6.45) is 0. The van der Waals surface area contributed by atoms with Crippen LogP contribution in [0.25, 0.3) is 21.9 Å². The van der Waals surface area contributed by atoms with Crippen molar-refractivity contribution < 1.29 is 0 Å². The molecule has 1 nitrogen and oxygen atoms in total. The van der Waals surface area contributed by atoms with Gasteiger partial charge in [-0.2, -0.15) is 0 Å². The first kappa shape index (κ1) is 15.2. The van der Waals surface area contributed by atoms with Crippen LogP contribution in [0, 0.1) is 6.92 Å². The van der Waals surface area contributed by atoms with E-state index in [2.05, 4.69) is 96.8 Å². The zero-order valence-electron chi connectivity index (χ0n) is 14.9. The number of para-hydroxylation sites is 1. The monoisotopic (exact) mass is 335 g/mol. The highest BCUT2D eigenvalue weighted by Crippen LogP contribution is 2.37. The Morgan fingerprint density at radius 2 is 1.46 bits per heavy atom. The van der Waals surface area contributed by atoms with Crippen molar-refractivity contribution in [3.8, 4) is 11.1 Å². The van der Waals surface area contributed by atoms with Crippen molar-refractivity contribution in [2.75, 3.05) is 4.90 Å². The van der Waals surface area contributed by atoms with E-state index in [1.807, 2.05) is 0 Å². The summed E-state index contributed by atoms with van der Waals surface area (Å²) in [6.45, 7) is 4.11. The highest BCUT2D eigenvalue weighted by Gasteiger charge is 2.21. The van der Waals surface area contributed by atoms with Gasteiger partial charge in [-0.25, -0.2) is 0 Å². The van der Waals surface area contributed by atoms with Gasteiger partial charge in [0.1, 0.15) is 0 Å². The molecule has 0 saturated heterocycles. The second-order valence-electron chi connectivity index (χ2n) is 7.18. The largest absolute Gasteiger partial charge is 0.362 e. The van der Waals surface area contributed by atoms with E-state index >= 15 is 0 Å². The molecule has 4 aromatic rings. The third-order valence-electron chi connectivity index (χ3n) is 5.34. The van der Waals surface area contributed by atoms with Crippen LogP contribution in [0.15, 0.2) is 84.9 Å². The normalized spacial score (nSPS) is 13.2. The number of aryl methyl sites for hydroxylation is 1. The van der Waals surface area contributed by atoms with Gasteiger partial charge in [-0.1, -0.05) is 84.4 Å². The fourth-order valence-electron chi connectivity index (χ4n) is 4.27. The van der Waals surface area contributed by atoms with Gasteiger partial charge in [0.15, 0.2) is 0 Å². The number of anilines is 1. The maximum atomic E-state index is 2.51. The minimum atomic E-state index is 0.956. The molecule has 1 aliphatic rings. The van der Waals surface area contributed by atoms with E-state index in [4.69, 9.17) is 0 Å². The fourth-order valence-corrected chi connectivity index (χ4v) is 4.27. The van der Waals surface area contributed by atoms with Crippen LogP contribution in [-0.4, -0.2) is 0 Å². The Labute approximate surface area is 154 Å². The molecular formula is C25H21N. The first-order valence-electron chi connectivity index (χ1n) is 9.20. The summed E-state index contributed by atoms with van der Waals surface area (Å²) in [5.41, 5.74) is 8.08. The van der Waals surface area contributed by atoms with E-state index in [-0.39, 0.29) is 0 Å². The van der Waals surface area contributed by atoms with Gasteiger partial charge in [-0.15, -0.1) is 0 Å². The van der Waals surface area contributed by atoms with E-state index in [0.717, 1.165) is 13.1 Å². The van der Waals surface area contributed by atoms with Crippen LogP contribution in [0.2, 0.25) is 0 Å². The SMILES string of the molecule is Cc1cc2c3c(cccc3c1)CN(c1ccccc1-c1ccccc1)C2. The Balaban J connectivity index is 1.64. The van der Waals surface area contributed by atoms with Crippen molar-refractivity contribution in [2.45, 2.75) is 20.0 Å². The van der Waals surface area contributed by atoms with Crippen molar-refractivity contribution in [3.05, 3.63) is 102 Å². The van der Waals surface area contributed by atoms with Gasteiger partial charge in [0.2, 0.25) is 0 Å². The van der Waals surface area contributed by atoms with E-state index in [0.29, 0.717) is 0 Å². The predicted molar refractivity (Wildman–Crippen MR) is 110 cm³/mol. The lowest BCUT2D eigenvalue weighted by Crippen LogP contribution is -2.26. The molecule has 126 valence electrons. The van der Waals surface area contributed by atoms with Crippen molar-refractivity contribution >= 4 is 16.5 Å². The van der Waals surface area contributed by atoms with Gasteiger partial charge >= 0.3 is 0 Å². The molecule has 1 aliphatic heterocycles. The lowest BCUT2D eigenvalue weighted by Gasteiger charge is -2.33. The number of nitrogens with zero attached hydrogens (tertiary/aromatic N) is 1. The molecule has 26 heavy (non-hydrogen) atoms. The predicted octanol–water partition coefficient (Wildman–Crippen LogP) is 6.34. The van der Waals surface area contributed by atoms with Crippen molar-refractivity contribution in [1.82, 2.24) is 0 Å². The summed E-state index contributed by atoms with van der Waals surface area (Å²) in [7, 11) is 0. The molecule has 0 unspecified atom stereocenters. The molecular weight excluding hydrogens is 314 g/mol. The Hall–Kier alpha value is -3.06. The molecule has 0 N–H and O–H groups in total. The highest BCUT2D eigenvalue weighted by atomic mass is 15.1. The van der Waals surface area contributed by atoms with Gasteiger partial charge in [0.05, 0.1) is 0 Å². The Kier molecular flexibility index (Phi) is 3.53. The summed E-state index contributed by atoms with van der Waals surface area (Å²) in [6, 6.07) is 30.8. The van der Waals surface area contributed by atoms with E-state index < -0.39 is 0 Å². The number of rotatable bonds is 2. The molecule has 0 amide bonds. The standard InChI is InChI=1S/C25H21N/c1-18-14-20-10-7-11-21-16-26(17-22(15-18)25(20)21)24-13-6-5-12-23(24)19-8-3-2-4-9-19/h2-15H,16-17H2,1H3. The average molecular weight is 335 g/mol. The molecule has 0 spiro atoms. The summed E-state index contributed by atoms with van der Waals surface area (Å²) in [5, 5.41) is 2.82. The molecule has 4 aromatic carbocycles. The third-order valence-corrected chi connectivity index (χ3v) is 5.34. The molecule has 0 radical (unpaired) electrons. The molecule has 1 heteroatoms. The van der Waals surface area contributed by atoms with Crippen LogP contribution in [-0.2, 0) is 13.1 Å². The zero-order valence-corrected chi connectivity index (χ0v) is 14.9. The fraction of sp³-hybridized carbons (Fsp3) is 0.120. The number of hydrogen-bond acceptors (Lipinski definition) is 1. The first-order chi connectivity index (χ1) is 12.8. The quantitative estimate of drug-likeness (QED) is 0.413. The number of benzene rings is 4. The Bertz CT molecular complexity index is 1100. The van der Waals surface area contributed by atoms with E-state index in [1.54, 1.807) is 0 Å². The molecule has 0 aromatic heterocycles. The van der Waals surface area contributed by atoms with Gasteiger partial charge in [0, 0.05) is 24.3 Å². The molecule has 0 bridgehead atoms. The second kappa shape index (κ2) is 6.03. The van der Waals surface area contributed by atoms with Crippen LogP contribution in [0.4, 0.5) is 5.69 Å². The molecule has 5 rings (SSSR count). The summed E-state index contributed by atoms with van der Waals surface area (Å²) in [4.78, 5) is 2.51. The summed E-state index contributed by atoms with van der Waals surface area (Å²) in [5.74, 6) is 0. The molecule has 0 saturated carbocycles. The summed E-state index contributed by atoms with van der Waals surface area (Å²) >= 11 is 0. The third kappa shape index (κ3) is 2.48. The topological polar surface area (TPSA) is 3.24 Å². The van der Waals surface area contributed by atoms with Crippen LogP contribution in [0.3, 0.4) is 0 Å². The average Bonchev–Trinajstić information content (AvgIpc) is 2.68. The van der Waals surface area contributed by atoms with Crippen molar-refractivity contribution in [1.29, 1.82) is 0 Å². The first-order valence-corrected chi connectivity index (χ1v) is 9.20. The molecule has 1 heterocycles. The Morgan fingerprint density at radius 1 is 0.692 bits per heavy atom. The van der Waals surface area contributed by atoms with E-state index in [1.165, 1.54) is 44.3 Å². The summed E-state index contributed by atoms with van der Waals surface area (Å²) < 4.78 is 0. The molecule has 0 fully saturated rings. The van der Waals surface area contributed by atoms with Gasteiger partial charge in [-0.3, -0.25) is 0 Å². The maximum absolute atomic E-state index is 2.51. The van der Waals surface area contributed by atoms with Gasteiger partial charge in [0.25, 0.3) is 0 Å². The molecule has 0 aliphatic carbocycles. The van der Waals surface area contributed by atoms with E-state index in [9.17, 15) is 0 Å². The van der Waals surface area contributed by atoms with Gasteiger partial charge in [-0.05, 0) is 40.5 Å². The van der Waals surface area contributed by atoms with Crippen molar-refractivity contribution in [2.24, 2.45) is 0 Å². The second-order valence-corrected chi connectivity index (χ2v) is 7.18.